The molecule has 1 aromatic carbocycles. The van der Waals surface area contributed by atoms with E-state index >= 15 is 0 Å². The number of hydrogen-bond donors (Lipinski definition) is 3. The maximum Gasteiger partial charge on any atom is 0.303 e. The SMILES string of the molecule is O=C(O)CCCC(=O)c1ccc(F)cc1.OCCO. The molecule has 19 heavy (non-hydrogen) atoms. The molecule has 0 saturated carbocycles. The van der Waals surface area contributed by atoms with Crippen molar-refractivity contribution in [1.82, 2.24) is 0 Å². The van der Waals surface area contributed by atoms with Crippen molar-refractivity contribution in [1.29, 1.82) is 0 Å². The van der Waals surface area contributed by atoms with Crippen molar-refractivity contribution < 1.29 is 29.3 Å². The minimum atomic E-state index is -0.915. The lowest BCUT2D eigenvalue weighted by Crippen LogP contribution is -2.01. The molecular formula is C13H17FO5. The second-order valence-corrected chi connectivity index (χ2v) is 3.62. The third-order valence-electron chi connectivity index (χ3n) is 2.06. The van der Waals surface area contributed by atoms with Gasteiger partial charge in [0.25, 0.3) is 0 Å². The standard InChI is InChI=1S/C11H11FO3.C2H6O2/c12-9-6-4-8(5-7-9)10(13)2-1-3-11(14)15;3-1-2-4/h4-7H,1-3H2,(H,14,15);3-4H,1-2H2. The Morgan fingerprint density at radius 2 is 1.53 bits per heavy atom. The van der Waals surface area contributed by atoms with Gasteiger partial charge >= 0.3 is 5.97 Å². The number of carboxylic acids is 1. The molecule has 0 aliphatic rings. The maximum atomic E-state index is 12.5. The van der Waals surface area contributed by atoms with Crippen LogP contribution in [0.1, 0.15) is 29.6 Å². The number of aliphatic hydroxyl groups is 2. The number of carbonyl (C=O) groups excluding carboxylic acids is 1. The summed E-state index contributed by atoms with van der Waals surface area (Å²) < 4.78 is 12.5. The van der Waals surface area contributed by atoms with Gasteiger partial charge in [0.05, 0.1) is 13.2 Å². The third kappa shape index (κ3) is 8.87. The van der Waals surface area contributed by atoms with Crippen molar-refractivity contribution in [3.05, 3.63) is 35.6 Å². The smallest absolute Gasteiger partial charge is 0.303 e. The van der Waals surface area contributed by atoms with Crippen molar-refractivity contribution in [3.8, 4) is 0 Å². The molecule has 1 aromatic rings. The number of Topliss-reactive ketones (excluding diaryl/α,β-unsaturated/α-hetero) is 1. The Morgan fingerprint density at radius 1 is 1.00 bits per heavy atom. The summed E-state index contributed by atoms with van der Waals surface area (Å²) >= 11 is 0. The van der Waals surface area contributed by atoms with E-state index in [0.29, 0.717) is 12.0 Å². The zero-order valence-electron chi connectivity index (χ0n) is 10.4. The van der Waals surface area contributed by atoms with E-state index in [1.54, 1.807) is 0 Å². The highest BCUT2D eigenvalue weighted by Gasteiger charge is 2.06. The molecule has 3 N–H and O–H groups in total. The van der Waals surface area contributed by atoms with Crippen LogP contribution in [-0.2, 0) is 4.79 Å². The van der Waals surface area contributed by atoms with Crippen molar-refractivity contribution >= 4 is 11.8 Å². The maximum absolute atomic E-state index is 12.5. The second kappa shape index (κ2) is 10.2. The Balaban J connectivity index is 0.000000711. The van der Waals surface area contributed by atoms with Gasteiger partial charge in [-0.1, -0.05) is 0 Å². The quantitative estimate of drug-likeness (QED) is 0.677. The number of carbonyl (C=O) groups is 2. The van der Waals surface area contributed by atoms with Crippen LogP contribution in [0, 0.1) is 5.82 Å². The predicted molar refractivity (Wildman–Crippen MR) is 66.4 cm³/mol. The van der Waals surface area contributed by atoms with Crippen molar-refractivity contribution in [2.24, 2.45) is 0 Å². The molecule has 0 spiro atoms. The Morgan fingerprint density at radius 3 is 1.95 bits per heavy atom. The summed E-state index contributed by atoms with van der Waals surface area (Å²) in [5, 5.41) is 23.6. The fraction of sp³-hybridized carbons (Fsp3) is 0.385. The van der Waals surface area contributed by atoms with Gasteiger partial charge < -0.3 is 15.3 Å². The zero-order valence-corrected chi connectivity index (χ0v) is 10.4. The topological polar surface area (TPSA) is 94.8 Å². The lowest BCUT2D eigenvalue weighted by Gasteiger charge is -1.99. The molecule has 0 aliphatic carbocycles. The molecular weight excluding hydrogens is 255 g/mol. The first-order valence-corrected chi connectivity index (χ1v) is 5.73. The average Bonchev–Trinajstić information content (AvgIpc) is 2.39. The van der Waals surface area contributed by atoms with Crippen LogP contribution >= 0.6 is 0 Å². The van der Waals surface area contributed by atoms with Gasteiger partial charge in [0.15, 0.2) is 5.78 Å². The molecule has 0 heterocycles. The average molecular weight is 272 g/mol. The van der Waals surface area contributed by atoms with Crippen LogP contribution in [-0.4, -0.2) is 40.3 Å². The monoisotopic (exact) mass is 272 g/mol. The van der Waals surface area contributed by atoms with Gasteiger partial charge in [-0.05, 0) is 30.7 Å². The summed E-state index contributed by atoms with van der Waals surface area (Å²) in [7, 11) is 0. The molecule has 1 rings (SSSR count). The summed E-state index contributed by atoms with van der Waals surface area (Å²) in [5.41, 5.74) is 0.418. The van der Waals surface area contributed by atoms with Gasteiger partial charge in [-0.25, -0.2) is 4.39 Å². The van der Waals surface area contributed by atoms with Gasteiger partial charge in [0.1, 0.15) is 5.82 Å². The van der Waals surface area contributed by atoms with Crippen LogP contribution in [0.15, 0.2) is 24.3 Å². The largest absolute Gasteiger partial charge is 0.481 e. The summed E-state index contributed by atoms with van der Waals surface area (Å²) in [4.78, 5) is 21.6. The number of halogens is 1. The van der Waals surface area contributed by atoms with Gasteiger partial charge in [0, 0.05) is 18.4 Å². The fourth-order valence-corrected chi connectivity index (χ4v) is 1.18. The van der Waals surface area contributed by atoms with E-state index in [1.807, 2.05) is 0 Å². The van der Waals surface area contributed by atoms with E-state index < -0.39 is 11.8 Å². The van der Waals surface area contributed by atoms with E-state index in [0.717, 1.165) is 0 Å². The molecule has 0 aromatic heterocycles. The number of benzene rings is 1. The van der Waals surface area contributed by atoms with Crippen LogP contribution in [0.25, 0.3) is 0 Å². The summed E-state index contributed by atoms with van der Waals surface area (Å²) in [5.74, 6) is -1.46. The molecule has 0 atom stereocenters. The van der Waals surface area contributed by atoms with Crippen molar-refractivity contribution in [3.63, 3.8) is 0 Å². The van der Waals surface area contributed by atoms with Crippen molar-refractivity contribution in [2.75, 3.05) is 13.2 Å². The minimum absolute atomic E-state index is 0.0209. The number of carboxylic acid groups (broad SMARTS) is 1. The van der Waals surface area contributed by atoms with Gasteiger partial charge in [0.2, 0.25) is 0 Å². The molecule has 0 aliphatic heterocycles. The molecule has 0 unspecified atom stereocenters. The van der Waals surface area contributed by atoms with E-state index in [9.17, 15) is 14.0 Å². The third-order valence-corrected chi connectivity index (χ3v) is 2.06. The van der Waals surface area contributed by atoms with Gasteiger partial charge in [-0.3, -0.25) is 9.59 Å². The van der Waals surface area contributed by atoms with E-state index in [-0.39, 0.29) is 31.8 Å². The Bertz CT molecular complexity index is 387. The molecule has 6 heteroatoms. The van der Waals surface area contributed by atoms with E-state index in [1.165, 1.54) is 24.3 Å². The summed E-state index contributed by atoms with van der Waals surface area (Å²) in [6.07, 6.45) is 0.469. The summed E-state index contributed by atoms with van der Waals surface area (Å²) in [6.45, 7) is -0.250. The number of rotatable bonds is 6. The first kappa shape index (κ1) is 17.2. The normalized spacial score (nSPS) is 9.42. The van der Waals surface area contributed by atoms with Crippen LogP contribution in [0.2, 0.25) is 0 Å². The first-order chi connectivity index (χ1) is 9.01. The molecule has 5 nitrogen and oxygen atoms in total. The van der Waals surface area contributed by atoms with Gasteiger partial charge in [-0.2, -0.15) is 0 Å². The fourth-order valence-electron chi connectivity index (χ4n) is 1.18. The Labute approximate surface area is 110 Å². The molecule has 0 saturated heterocycles. The van der Waals surface area contributed by atoms with Crippen LogP contribution in [0.5, 0.6) is 0 Å². The van der Waals surface area contributed by atoms with Crippen molar-refractivity contribution in [2.45, 2.75) is 19.3 Å². The molecule has 0 fully saturated rings. The van der Waals surface area contributed by atoms with Gasteiger partial charge in [-0.15, -0.1) is 0 Å². The molecule has 0 bridgehead atoms. The number of aliphatic carboxylic acids is 1. The number of aliphatic hydroxyl groups excluding tert-OH is 2. The second-order valence-electron chi connectivity index (χ2n) is 3.62. The first-order valence-electron chi connectivity index (χ1n) is 5.73. The summed E-state index contributed by atoms with van der Waals surface area (Å²) in [6, 6.07) is 5.23. The highest BCUT2D eigenvalue weighted by molar-refractivity contribution is 5.96. The highest BCUT2D eigenvalue weighted by atomic mass is 19.1. The lowest BCUT2D eigenvalue weighted by atomic mass is 10.1. The van der Waals surface area contributed by atoms with E-state index in [4.69, 9.17) is 15.3 Å². The highest BCUT2D eigenvalue weighted by Crippen LogP contribution is 2.08. The van der Waals surface area contributed by atoms with Crippen LogP contribution < -0.4 is 0 Å². The Hall–Kier alpha value is -1.79. The van der Waals surface area contributed by atoms with Crippen LogP contribution in [0.4, 0.5) is 4.39 Å². The van der Waals surface area contributed by atoms with Crippen LogP contribution in [0.3, 0.4) is 0 Å². The Kier molecular flexibility index (Phi) is 9.20. The number of ketones is 1. The lowest BCUT2D eigenvalue weighted by molar-refractivity contribution is -0.137. The molecule has 0 amide bonds. The number of hydrogen-bond acceptors (Lipinski definition) is 4. The van der Waals surface area contributed by atoms with E-state index in [2.05, 4.69) is 0 Å². The predicted octanol–water partition coefficient (Wildman–Crippen LogP) is 1.23. The molecule has 0 radical (unpaired) electrons. The zero-order chi connectivity index (χ0) is 14.7. The minimum Gasteiger partial charge on any atom is -0.481 e. The molecule has 106 valence electrons.